The first kappa shape index (κ1) is 14.2. The number of carbonyl (C=O) groups excluding carboxylic acids is 1. The summed E-state index contributed by atoms with van der Waals surface area (Å²) in [5, 5.41) is 3.42. The number of piperidine rings is 1. The zero-order valence-corrected chi connectivity index (χ0v) is 12.6. The van der Waals surface area contributed by atoms with Gasteiger partial charge in [0.25, 0.3) is 5.91 Å². The van der Waals surface area contributed by atoms with Crippen molar-refractivity contribution in [3.63, 3.8) is 0 Å². The molecule has 0 saturated carbocycles. The number of methoxy groups -OCH3 is 2. The van der Waals surface area contributed by atoms with E-state index in [1.807, 2.05) is 4.90 Å². The number of nitrogens with zero attached hydrogens (tertiary/aromatic N) is 1. The molecule has 1 aromatic rings. The molecule has 0 spiro atoms. The van der Waals surface area contributed by atoms with Gasteiger partial charge in [-0.1, -0.05) is 0 Å². The minimum atomic E-state index is 0.0672. The SMILES string of the molecule is COc1cc(OC)cc(C(=O)N2CCC3CNCC3C2)c1. The maximum Gasteiger partial charge on any atom is 0.254 e. The minimum Gasteiger partial charge on any atom is -0.497 e. The molecule has 2 heterocycles. The summed E-state index contributed by atoms with van der Waals surface area (Å²) < 4.78 is 10.5. The second-order valence-corrected chi connectivity index (χ2v) is 5.82. The zero-order valence-electron chi connectivity index (χ0n) is 12.6. The van der Waals surface area contributed by atoms with Crippen LogP contribution >= 0.6 is 0 Å². The van der Waals surface area contributed by atoms with Crippen molar-refractivity contribution in [3.05, 3.63) is 23.8 Å². The molecule has 1 aromatic carbocycles. The third-order valence-electron chi connectivity index (χ3n) is 4.59. The quantitative estimate of drug-likeness (QED) is 0.914. The van der Waals surface area contributed by atoms with Gasteiger partial charge in [-0.25, -0.2) is 0 Å². The molecular weight excluding hydrogens is 268 g/mol. The van der Waals surface area contributed by atoms with E-state index in [0.717, 1.165) is 38.5 Å². The molecule has 2 saturated heterocycles. The minimum absolute atomic E-state index is 0.0672. The molecule has 0 radical (unpaired) electrons. The van der Waals surface area contributed by atoms with Gasteiger partial charge in [0.15, 0.2) is 0 Å². The number of nitrogens with one attached hydrogen (secondary N) is 1. The summed E-state index contributed by atoms with van der Waals surface area (Å²) in [7, 11) is 3.19. The van der Waals surface area contributed by atoms with Gasteiger partial charge < -0.3 is 19.7 Å². The van der Waals surface area contributed by atoms with Crippen LogP contribution < -0.4 is 14.8 Å². The molecule has 0 bridgehead atoms. The Morgan fingerprint density at radius 1 is 1.14 bits per heavy atom. The van der Waals surface area contributed by atoms with E-state index < -0.39 is 0 Å². The normalized spacial score (nSPS) is 24.6. The Bertz CT molecular complexity index is 510. The maximum atomic E-state index is 12.7. The first-order valence-corrected chi connectivity index (χ1v) is 7.44. The third-order valence-corrected chi connectivity index (χ3v) is 4.59. The smallest absolute Gasteiger partial charge is 0.254 e. The fourth-order valence-electron chi connectivity index (χ4n) is 3.33. The van der Waals surface area contributed by atoms with E-state index in [1.54, 1.807) is 32.4 Å². The molecule has 1 N–H and O–H groups in total. The molecule has 5 heteroatoms. The molecule has 114 valence electrons. The van der Waals surface area contributed by atoms with E-state index in [0.29, 0.717) is 23.0 Å². The number of rotatable bonds is 3. The van der Waals surface area contributed by atoms with Crippen molar-refractivity contribution >= 4 is 5.91 Å². The first-order chi connectivity index (χ1) is 10.2. The molecular formula is C16H22N2O3. The van der Waals surface area contributed by atoms with Gasteiger partial charge in [-0.15, -0.1) is 0 Å². The van der Waals surface area contributed by atoms with Crippen LogP contribution in [0.5, 0.6) is 11.5 Å². The highest BCUT2D eigenvalue weighted by Gasteiger charge is 2.34. The van der Waals surface area contributed by atoms with Crippen LogP contribution in [0.25, 0.3) is 0 Å². The molecule has 2 aliphatic rings. The van der Waals surface area contributed by atoms with Crippen LogP contribution in [0.1, 0.15) is 16.8 Å². The summed E-state index contributed by atoms with van der Waals surface area (Å²) in [4.78, 5) is 14.7. The zero-order chi connectivity index (χ0) is 14.8. The standard InChI is InChI=1S/C16H22N2O3/c1-20-14-5-12(6-15(7-14)21-2)16(19)18-4-3-11-8-17-9-13(11)10-18/h5-7,11,13,17H,3-4,8-10H2,1-2H3. The fourth-order valence-corrected chi connectivity index (χ4v) is 3.33. The van der Waals surface area contributed by atoms with E-state index in [-0.39, 0.29) is 5.91 Å². The van der Waals surface area contributed by atoms with Gasteiger partial charge in [0.1, 0.15) is 11.5 Å². The van der Waals surface area contributed by atoms with Crippen molar-refractivity contribution in [2.75, 3.05) is 40.4 Å². The molecule has 0 aliphatic carbocycles. The summed E-state index contributed by atoms with van der Waals surface area (Å²) in [6, 6.07) is 5.34. The predicted octanol–water partition coefficient (Wildman–Crippen LogP) is 1.39. The van der Waals surface area contributed by atoms with E-state index in [2.05, 4.69) is 5.32 Å². The van der Waals surface area contributed by atoms with Crippen LogP contribution in [0, 0.1) is 11.8 Å². The average molecular weight is 290 g/mol. The Morgan fingerprint density at radius 3 is 2.48 bits per heavy atom. The highest BCUT2D eigenvalue weighted by atomic mass is 16.5. The summed E-state index contributed by atoms with van der Waals surface area (Å²) in [6.45, 7) is 3.80. The van der Waals surface area contributed by atoms with Crippen LogP contribution in [-0.4, -0.2) is 51.2 Å². The Hall–Kier alpha value is -1.75. The van der Waals surface area contributed by atoms with Crippen molar-refractivity contribution < 1.29 is 14.3 Å². The summed E-state index contributed by atoms with van der Waals surface area (Å²) in [5.74, 6) is 2.69. The Balaban J connectivity index is 1.78. The number of benzene rings is 1. The summed E-state index contributed by atoms with van der Waals surface area (Å²) in [6.07, 6.45) is 1.09. The highest BCUT2D eigenvalue weighted by Crippen LogP contribution is 2.29. The topological polar surface area (TPSA) is 50.8 Å². The van der Waals surface area contributed by atoms with Gasteiger partial charge in [-0.2, -0.15) is 0 Å². The molecule has 5 nitrogen and oxygen atoms in total. The lowest BCUT2D eigenvalue weighted by Gasteiger charge is -2.34. The second-order valence-electron chi connectivity index (χ2n) is 5.82. The van der Waals surface area contributed by atoms with Gasteiger partial charge in [0.05, 0.1) is 14.2 Å². The van der Waals surface area contributed by atoms with Gasteiger partial charge in [0.2, 0.25) is 0 Å². The lowest BCUT2D eigenvalue weighted by molar-refractivity contribution is 0.0642. The van der Waals surface area contributed by atoms with E-state index in [4.69, 9.17) is 9.47 Å². The lowest BCUT2D eigenvalue weighted by atomic mass is 9.88. The largest absolute Gasteiger partial charge is 0.497 e. The van der Waals surface area contributed by atoms with E-state index in [9.17, 15) is 4.79 Å². The Morgan fingerprint density at radius 2 is 1.81 bits per heavy atom. The molecule has 1 amide bonds. The second kappa shape index (κ2) is 5.93. The van der Waals surface area contributed by atoms with Crippen LogP contribution in [0.4, 0.5) is 0 Å². The van der Waals surface area contributed by atoms with Crippen LogP contribution in [0.15, 0.2) is 18.2 Å². The van der Waals surface area contributed by atoms with Crippen LogP contribution in [0.3, 0.4) is 0 Å². The van der Waals surface area contributed by atoms with Crippen molar-refractivity contribution in [2.45, 2.75) is 6.42 Å². The first-order valence-electron chi connectivity index (χ1n) is 7.44. The third kappa shape index (κ3) is 2.83. The number of likely N-dealkylation sites (tertiary alicyclic amines) is 1. The summed E-state index contributed by atoms with van der Waals surface area (Å²) >= 11 is 0. The summed E-state index contributed by atoms with van der Waals surface area (Å²) in [5.41, 5.74) is 0.635. The van der Waals surface area contributed by atoms with E-state index in [1.165, 1.54) is 0 Å². The van der Waals surface area contributed by atoms with Crippen molar-refractivity contribution in [3.8, 4) is 11.5 Å². The molecule has 0 aromatic heterocycles. The molecule has 21 heavy (non-hydrogen) atoms. The van der Waals surface area contributed by atoms with Gasteiger partial charge >= 0.3 is 0 Å². The molecule has 3 rings (SSSR count). The number of ether oxygens (including phenoxy) is 2. The molecule has 2 aliphatic heterocycles. The Labute approximate surface area is 125 Å². The number of hydrogen-bond acceptors (Lipinski definition) is 4. The highest BCUT2D eigenvalue weighted by molar-refractivity contribution is 5.95. The van der Waals surface area contributed by atoms with Crippen molar-refractivity contribution in [1.82, 2.24) is 10.2 Å². The fraction of sp³-hybridized carbons (Fsp3) is 0.562. The van der Waals surface area contributed by atoms with Crippen LogP contribution in [0.2, 0.25) is 0 Å². The van der Waals surface area contributed by atoms with Crippen molar-refractivity contribution in [2.24, 2.45) is 11.8 Å². The average Bonchev–Trinajstić information content (AvgIpc) is 3.01. The molecule has 2 unspecified atom stereocenters. The van der Waals surface area contributed by atoms with E-state index >= 15 is 0 Å². The number of fused-ring (bicyclic) bond motifs is 1. The lowest BCUT2D eigenvalue weighted by Crippen LogP contribution is -2.43. The van der Waals surface area contributed by atoms with Crippen molar-refractivity contribution in [1.29, 1.82) is 0 Å². The van der Waals surface area contributed by atoms with Gasteiger partial charge in [-0.3, -0.25) is 4.79 Å². The monoisotopic (exact) mass is 290 g/mol. The van der Waals surface area contributed by atoms with Gasteiger partial charge in [-0.05, 0) is 43.5 Å². The van der Waals surface area contributed by atoms with Gasteiger partial charge in [0, 0.05) is 24.7 Å². The maximum absolute atomic E-state index is 12.7. The number of hydrogen-bond donors (Lipinski definition) is 1. The number of amides is 1. The molecule has 2 fully saturated rings. The predicted molar refractivity (Wildman–Crippen MR) is 79.9 cm³/mol. The Kier molecular flexibility index (Phi) is 4.01. The van der Waals surface area contributed by atoms with Crippen LogP contribution in [-0.2, 0) is 0 Å². The molecule has 2 atom stereocenters. The number of carbonyl (C=O) groups is 1.